The highest BCUT2D eigenvalue weighted by molar-refractivity contribution is 6.38. The van der Waals surface area contributed by atoms with E-state index in [9.17, 15) is 29.7 Å². The maximum Gasteiger partial charge on any atom is 0.256 e. The number of allylic oxidation sites excluding steroid dienone is 4. The van der Waals surface area contributed by atoms with Crippen LogP contribution in [0.3, 0.4) is 0 Å². The minimum absolute atomic E-state index is 0.00864. The van der Waals surface area contributed by atoms with E-state index in [0.29, 0.717) is 30.8 Å². The summed E-state index contributed by atoms with van der Waals surface area (Å²) in [7, 11) is 3.35. The van der Waals surface area contributed by atoms with Crippen LogP contribution in [-0.4, -0.2) is 71.0 Å². The number of Topliss-reactive ketones (excluding diaryl/α,β-unsaturated/α-hetero) is 3. The Labute approximate surface area is 273 Å². The number of rotatable bonds is 22. The molecule has 1 fully saturated rings. The van der Waals surface area contributed by atoms with Gasteiger partial charge in [-0.1, -0.05) is 70.3 Å². The molecule has 1 saturated carbocycles. The maximum absolute atomic E-state index is 13.2. The van der Waals surface area contributed by atoms with Crippen LogP contribution in [-0.2, 0) is 23.9 Å². The number of carbonyl (C=O) groups is 3. The molecule has 260 valence electrons. The van der Waals surface area contributed by atoms with Crippen molar-refractivity contribution in [2.24, 2.45) is 29.6 Å². The van der Waals surface area contributed by atoms with Crippen molar-refractivity contribution in [2.45, 2.75) is 150 Å². The van der Waals surface area contributed by atoms with Gasteiger partial charge in [-0.25, -0.2) is 0 Å². The Balaban J connectivity index is 2.57. The maximum atomic E-state index is 13.2. The average Bonchev–Trinajstić information content (AvgIpc) is 2.98. The van der Waals surface area contributed by atoms with Crippen LogP contribution in [0.25, 0.3) is 0 Å². The van der Waals surface area contributed by atoms with E-state index in [1.165, 1.54) is 25.3 Å². The summed E-state index contributed by atoms with van der Waals surface area (Å²) in [6.07, 6.45) is 13.6. The van der Waals surface area contributed by atoms with Gasteiger partial charge < -0.3 is 24.8 Å². The molecule has 45 heavy (non-hydrogen) atoms. The number of carbonyl (C=O) groups excluding carboxylic acids is 3. The van der Waals surface area contributed by atoms with Crippen LogP contribution in [0.15, 0.2) is 23.3 Å². The lowest BCUT2D eigenvalue weighted by Gasteiger charge is -2.29. The first-order chi connectivity index (χ1) is 21.0. The first-order valence-corrected chi connectivity index (χ1v) is 17.2. The molecule has 8 nitrogen and oxygen atoms in total. The van der Waals surface area contributed by atoms with Crippen LogP contribution in [0.4, 0.5) is 0 Å². The van der Waals surface area contributed by atoms with Crippen molar-refractivity contribution in [2.75, 3.05) is 14.2 Å². The van der Waals surface area contributed by atoms with E-state index < -0.39 is 29.4 Å². The standard InChI is InChI=1S/C37H64O8/c1-10-31(35(40)23-34(39)27(5)18-26(4)19-30-14-12-16-33(22-30)45-9)20-25(3)17-24(2)13-11-15-32(44-8)21-28(6)37(42,43)36(41)29(7)38/h19-20,24,27-28,30-34,39,42-43H,10-18,21-23H2,1-9H3/b25-20+,26-19+/t24-,27+,28-,30+,31-,32-,33+,34?/m1/s1. The van der Waals surface area contributed by atoms with E-state index in [0.717, 1.165) is 51.0 Å². The van der Waals surface area contributed by atoms with E-state index in [1.807, 2.05) is 13.8 Å². The van der Waals surface area contributed by atoms with Crippen LogP contribution in [0.5, 0.6) is 0 Å². The van der Waals surface area contributed by atoms with Gasteiger partial charge in [-0.05, 0) is 83.0 Å². The van der Waals surface area contributed by atoms with Crippen molar-refractivity contribution in [1.29, 1.82) is 0 Å². The first-order valence-electron chi connectivity index (χ1n) is 17.2. The van der Waals surface area contributed by atoms with Crippen molar-refractivity contribution in [3.05, 3.63) is 23.3 Å². The van der Waals surface area contributed by atoms with Gasteiger partial charge in [-0.15, -0.1) is 0 Å². The molecule has 0 aromatic heterocycles. The molecule has 3 N–H and O–H groups in total. The van der Waals surface area contributed by atoms with Gasteiger partial charge in [-0.3, -0.25) is 14.4 Å². The monoisotopic (exact) mass is 636 g/mol. The summed E-state index contributed by atoms with van der Waals surface area (Å²) in [6, 6.07) is 0. The minimum Gasteiger partial charge on any atom is -0.392 e. The van der Waals surface area contributed by atoms with Crippen molar-refractivity contribution in [3.8, 4) is 0 Å². The van der Waals surface area contributed by atoms with E-state index >= 15 is 0 Å². The molecular formula is C37H64O8. The lowest BCUT2D eigenvalue weighted by molar-refractivity contribution is -0.204. The second-order valence-electron chi connectivity index (χ2n) is 14.1. The molecular weight excluding hydrogens is 572 g/mol. The number of ketones is 3. The summed E-state index contributed by atoms with van der Waals surface area (Å²) in [5.41, 5.74) is 2.44. The highest BCUT2D eigenvalue weighted by Gasteiger charge is 2.42. The topological polar surface area (TPSA) is 130 Å². The van der Waals surface area contributed by atoms with Gasteiger partial charge in [0.25, 0.3) is 5.78 Å². The Kier molecular flexibility index (Phi) is 18.8. The number of hydrogen-bond acceptors (Lipinski definition) is 8. The van der Waals surface area contributed by atoms with Gasteiger partial charge in [-0.2, -0.15) is 0 Å². The average molecular weight is 637 g/mol. The number of aliphatic hydroxyl groups excluding tert-OH is 1. The largest absolute Gasteiger partial charge is 0.392 e. The van der Waals surface area contributed by atoms with Crippen LogP contribution in [0.1, 0.15) is 126 Å². The van der Waals surface area contributed by atoms with Gasteiger partial charge in [0, 0.05) is 39.4 Å². The molecule has 1 aliphatic carbocycles. The Bertz CT molecular complexity index is 983. The van der Waals surface area contributed by atoms with E-state index in [-0.39, 0.29) is 36.6 Å². The number of methoxy groups -OCH3 is 2. The van der Waals surface area contributed by atoms with Crippen molar-refractivity contribution >= 4 is 17.3 Å². The molecule has 0 amide bonds. The van der Waals surface area contributed by atoms with Gasteiger partial charge >= 0.3 is 0 Å². The lowest BCUT2D eigenvalue weighted by Crippen LogP contribution is -2.48. The predicted molar refractivity (Wildman–Crippen MR) is 179 cm³/mol. The predicted octanol–water partition coefficient (Wildman–Crippen LogP) is 6.53. The van der Waals surface area contributed by atoms with E-state index in [4.69, 9.17) is 9.47 Å². The highest BCUT2D eigenvalue weighted by Crippen LogP contribution is 2.30. The molecule has 1 rings (SSSR count). The minimum atomic E-state index is -2.70. The SMILES string of the molecule is CC[C@H](/C=C(\C)C[C@H](C)CCC[C@H](C[C@@H](C)C(O)(O)C(=O)C(C)=O)OC)C(=O)CC(O)[C@@H](C)C/C(C)=C/[C@@H]1CCC[C@H](OC)C1. The lowest BCUT2D eigenvalue weighted by atomic mass is 9.84. The molecule has 0 saturated heterocycles. The summed E-state index contributed by atoms with van der Waals surface area (Å²) >= 11 is 0. The summed E-state index contributed by atoms with van der Waals surface area (Å²) in [5.74, 6) is -4.84. The molecule has 0 radical (unpaired) electrons. The zero-order chi connectivity index (χ0) is 34.3. The molecule has 0 aromatic rings. The van der Waals surface area contributed by atoms with Crippen LogP contribution < -0.4 is 0 Å². The Hall–Kier alpha value is -1.71. The molecule has 0 bridgehead atoms. The third kappa shape index (κ3) is 14.7. The third-order valence-electron chi connectivity index (χ3n) is 9.75. The van der Waals surface area contributed by atoms with Gasteiger partial charge in [0.2, 0.25) is 11.6 Å². The molecule has 8 heteroatoms. The summed E-state index contributed by atoms with van der Waals surface area (Å²) in [4.78, 5) is 36.4. The van der Waals surface area contributed by atoms with Crippen molar-refractivity contribution in [3.63, 3.8) is 0 Å². The molecule has 1 unspecified atom stereocenters. The van der Waals surface area contributed by atoms with Gasteiger partial charge in [0.15, 0.2) is 0 Å². The fraction of sp³-hybridized carbons (Fsp3) is 0.811. The fourth-order valence-corrected chi connectivity index (χ4v) is 6.79. The molecule has 0 spiro atoms. The fourth-order valence-electron chi connectivity index (χ4n) is 6.79. The molecule has 8 atom stereocenters. The summed E-state index contributed by atoms with van der Waals surface area (Å²) in [5, 5.41) is 31.2. The van der Waals surface area contributed by atoms with Crippen LogP contribution in [0.2, 0.25) is 0 Å². The van der Waals surface area contributed by atoms with Gasteiger partial charge in [0.05, 0.1) is 18.3 Å². The molecule has 0 aromatic carbocycles. The van der Waals surface area contributed by atoms with Crippen LogP contribution in [0, 0.1) is 29.6 Å². The van der Waals surface area contributed by atoms with Crippen LogP contribution >= 0.6 is 0 Å². The number of hydrogen-bond donors (Lipinski definition) is 3. The molecule has 0 aliphatic heterocycles. The summed E-state index contributed by atoms with van der Waals surface area (Å²) < 4.78 is 11.1. The quantitative estimate of drug-likeness (QED) is 0.0695. The molecule has 1 aliphatic rings. The Morgan fingerprint density at radius 3 is 2.20 bits per heavy atom. The Morgan fingerprint density at radius 1 is 0.956 bits per heavy atom. The first kappa shape index (κ1) is 41.3. The Morgan fingerprint density at radius 2 is 1.62 bits per heavy atom. The van der Waals surface area contributed by atoms with E-state index in [1.54, 1.807) is 14.2 Å². The van der Waals surface area contributed by atoms with Crippen molar-refractivity contribution < 1.29 is 39.2 Å². The number of ether oxygens (including phenoxy) is 2. The van der Waals surface area contributed by atoms with Gasteiger partial charge in [0.1, 0.15) is 5.78 Å². The summed E-state index contributed by atoms with van der Waals surface area (Å²) in [6.45, 7) is 13.0. The van der Waals surface area contributed by atoms with Crippen molar-refractivity contribution in [1.82, 2.24) is 0 Å². The smallest absolute Gasteiger partial charge is 0.256 e. The molecule has 0 heterocycles. The van der Waals surface area contributed by atoms with E-state index in [2.05, 4.69) is 32.9 Å². The zero-order valence-corrected chi connectivity index (χ0v) is 29.6. The normalized spacial score (nSPS) is 22.3. The second kappa shape index (κ2) is 20.5. The zero-order valence-electron chi connectivity index (χ0n) is 29.6. The highest BCUT2D eigenvalue weighted by atomic mass is 16.5. The number of aliphatic hydroxyl groups is 3. The third-order valence-corrected chi connectivity index (χ3v) is 9.75. The second-order valence-corrected chi connectivity index (χ2v) is 14.1.